The topological polar surface area (TPSA) is 9.86 Å². The van der Waals surface area contributed by atoms with Gasteiger partial charge in [-0.2, -0.15) is 13.2 Å². The molecule has 0 spiro atoms. The van der Waals surface area contributed by atoms with Gasteiger partial charge in [-0.05, 0) is 98.0 Å². The lowest BCUT2D eigenvalue weighted by molar-refractivity contribution is -0.137. The van der Waals surface area contributed by atoms with Crippen molar-refractivity contribution in [3.63, 3.8) is 0 Å². The molecule has 6 aromatic carbocycles. The number of halogens is 5. The minimum Gasteiger partial charge on any atom is -0.309 e. The molecule has 8 aromatic rings. The predicted octanol–water partition coefficient (Wildman–Crippen LogP) is 16.0. The summed E-state index contributed by atoms with van der Waals surface area (Å²) in [6.45, 7) is 25.2. The molecule has 2 nitrogen and oxygen atoms in total. The molecule has 310 valence electrons. The van der Waals surface area contributed by atoms with Gasteiger partial charge in [0.05, 0.1) is 39.0 Å². The first kappa shape index (κ1) is 41.3. The Morgan fingerprint density at radius 2 is 0.633 bits per heavy atom. The highest BCUT2D eigenvalue weighted by atomic mass is 19.4. The first-order chi connectivity index (χ1) is 27.7. The van der Waals surface area contributed by atoms with Crippen LogP contribution in [-0.4, -0.2) is 9.13 Å². The van der Waals surface area contributed by atoms with Crippen LogP contribution in [0.2, 0.25) is 0 Å². The summed E-state index contributed by atoms with van der Waals surface area (Å²) in [7, 11) is 0. The van der Waals surface area contributed by atoms with E-state index in [4.69, 9.17) is 0 Å². The van der Waals surface area contributed by atoms with E-state index < -0.39 is 23.4 Å². The molecule has 8 rings (SSSR count). The average Bonchev–Trinajstić information content (AvgIpc) is 3.63. The van der Waals surface area contributed by atoms with E-state index in [0.717, 1.165) is 62.0 Å². The highest BCUT2D eigenvalue weighted by Crippen LogP contribution is 2.47. The lowest BCUT2D eigenvalue weighted by atomic mass is 9.86. The number of hydrogen-bond donors (Lipinski definition) is 0. The standard InChI is InChI=1S/C53H53F5N2/c1-49(2,3)31-13-17-38-39-18-14-32(50(4,5)6)24-43(39)59(42(38)23-31)46-27-35(53(56,57)58)28-47(48(46)30-21-36(54)29-37(55)22-30)60-44-25-33(51(7,8)9)15-19-40(44)41-20-16-34(26-45(41)60)52(10,11)12/h13-29H,1-12H3. The summed E-state index contributed by atoms with van der Waals surface area (Å²) in [5.74, 6) is -1.66. The van der Waals surface area contributed by atoms with Gasteiger partial charge in [-0.3, -0.25) is 0 Å². The lowest BCUT2D eigenvalue weighted by Gasteiger charge is -2.25. The van der Waals surface area contributed by atoms with E-state index in [9.17, 15) is 0 Å². The number of hydrogen-bond acceptors (Lipinski definition) is 0. The Kier molecular flexibility index (Phi) is 9.32. The van der Waals surface area contributed by atoms with Crippen molar-refractivity contribution in [2.45, 2.75) is 111 Å². The van der Waals surface area contributed by atoms with Gasteiger partial charge in [-0.1, -0.05) is 132 Å². The molecule has 2 heterocycles. The quantitative estimate of drug-likeness (QED) is 0.157. The Labute approximate surface area is 349 Å². The summed E-state index contributed by atoms with van der Waals surface area (Å²) in [5.41, 5.74) is 5.41. The second kappa shape index (κ2) is 13.5. The smallest absolute Gasteiger partial charge is 0.309 e. The lowest BCUT2D eigenvalue weighted by Crippen LogP contribution is -2.14. The Hall–Kier alpha value is -5.43. The van der Waals surface area contributed by atoms with Crippen LogP contribution in [0, 0.1) is 11.6 Å². The fraction of sp³-hybridized carbons (Fsp3) is 0.321. The normalized spacial score (nSPS) is 13.4. The van der Waals surface area contributed by atoms with Gasteiger partial charge in [0.15, 0.2) is 0 Å². The minimum absolute atomic E-state index is 0.120. The maximum atomic E-state index is 15.7. The maximum Gasteiger partial charge on any atom is 0.416 e. The number of nitrogens with zero attached hydrogens (tertiary/aromatic N) is 2. The Morgan fingerprint density at radius 1 is 0.350 bits per heavy atom. The van der Waals surface area contributed by atoms with E-state index in [1.54, 1.807) is 0 Å². The number of aromatic nitrogens is 2. The highest BCUT2D eigenvalue weighted by Gasteiger charge is 2.35. The fourth-order valence-corrected chi connectivity index (χ4v) is 8.54. The van der Waals surface area contributed by atoms with Crippen molar-refractivity contribution in [2.75, 3.05) is 0 Å². The maximum absolute atomic E-state index is 15.7. The molecular weight excluding hydrogens is 760 g/mol. The van der Waals surface area contributed by atoms with E-state index in [2.05, 4.69) is 107 Å². The SMILES string of the molecule is CC(C)(C)c1ccc2c3ccc(C(C)(C)C)cc3n(-c3cc(C(F)(F)F)cc(-n4c5cc(C(C)(C)C)ccc5c5ccc(C(C)(C)C)cc54)c3-c3cc(F)cc(F)c3)c2c1. The van der Waals surface area contributed by atoms with Crippen LogP contribution >= 0.6 is 0 Å². The van der Waals surface area contributed by atoms with Crippen molar-refractivity contribution in [3.05, 3.63) is 143 Å². The fourth-order valence-electron chi connectivity index (χ4n) is 8.54. The van der Waals surface area contributed by atoms with Crippen LogP contribution in [0.3, 0.4) is 0 Å². The third-order valence-corrected chi connectivity index (χ3v) is 12.1. The van der Waals surface area contributed by atoms with E-state index in [1.165, 1.54) is 12.1 Å². The van der Waals surface area contributed by atoms with Crippen molar-refractivity contribution in [1.29, 1.82) is 0 Å². The molecule has 0 unspecified atom stereocenters. The zero-order chi connectivity index (χ0) is 43.6. The van der Waals surface area contributed by atoms with Gasteiger partial charge < -0.3 is 9.13 Å². The zero-order valence-corrected chi connectivity index (χ0v) is 36.6. The van der Waals surface area contributed by atoms with Crippen LogP contribution < -0.4 is 0 Å². The summed E-state index contributed by atoms with van der Waals surface area (Å²) in [6.07, 6.45) is -4.78. The zero-order valence-electron chi connectivity index (χ0n) is 36.6. The summed E-state index contributed by atoms with van der Waals surface area (Å²) >= 11 is 0. The largest absolute Gasteiger partial charge is 0.416 e. The van der Waals surface area contributed by atoms with Crippen molar-refractivity contribution >= 4 is 43.6 Å². The van der Waals surface area contributed by atoms with Crippen molar-refractivity contribution in [1.82, 2.24) is 9.13 Å². The van der Waals surface area contributed by atoms with Crippen LogP contribution in [-0.2, 0) is 27.8 Å². The molecule has 0 saturated heterocycles. The van der Waals surface area contributed by atoms with Gasteiger partial charge in [0.25, 0.3) is 0 Å². The van der Waals surface area contributed by atoms with Crippen molar-refractivity contribution in [3.8, 4) is 22.5 Å². The van der Waals surface area contributed by atoms with Crippen LogP contribution in [0.1, 0.15) is 111 Å². The minimum atomic E-state index is -4.78. The van der Waals surface area contributed by atoms with Gasteiger partial charge in [-0.25, -0.2) is 8.78 Å². The van der Waals surface area contributed by atoms with Gasteiger partial charge in [0, 0.05) is 33.2 Å². The summed E-state index contributed by atoms with van der Waals surface area (Å²) < 4.78 is 82.1. The molecule has 0 bridgehead atoms. The molecule has 0 atom stereocenters. The molecule has 0 saturated carbocycles. The van der Waals surface area contributed by atoms with E-state index >= 15 is 22.0 Å². The van der Waals surface area contributed by atoms with Crippen LogP contribution in [0.4, 0.5) is 22.0 Å². The molecule has 7 heteroatoms. The summed E-state index contributed by atoms with van der Waals surface area (Å²) in [4.78, 5) is 0. The molecule has 2 aromatic heterocycles. The second-order valence-electron chi connectivity index (χ2n) is 20.6. The van der Waals surface area contributed by atoms with E-state index in [0.29, 0.717) is 22.1 Å². The first-order valence-corrected chi connectivity index (χ1v) is 20.6. The molecule has 0 amide bonds. The predicted molar refractivity (Wildman–Crippen MR) is 240 cm³/mol. The molecular formula is C53H53F5N2. The van der Waals surface area contributed by atoms with Crippen LogP contribution in [0.25, 0.3) is 66.1 Å². The monoisotopic (exact) mass is 812 g/mol. The van der Waals surface area contributed by atoms with E-state index in [-0.39, 0.29) is 44.2 Å². The number of fused-ring (bicyclic) bond motifs is 6. The Morgan fingerprint density at radius 3 is 0.883 bits per heavy atom. The molecule has 0 aliphatic heterocycles. The molecule has 0 fully saturated rings. The summed E-state index contributed by atoms with van der Waals surface area (Å²) in [5, 5.41) is 3.43. The molecule has 0 N–H and O–H groups in total. The summed E-state index contributed by atoms with van der Waals surface area (Å²) in [6, 6.07) is 30.2. The first-order valence-electron chi connectivity index (χ1n) is 20.6. The number of rotatable bonds is 3. The third kappa shape index (κ3) is 7.08. The van der Waals surface area contributed by atoms with Gasteiger partial charge in [0.2, 0.25) is 0 Å². The van der Waals surface area contributed by atoms with Crippen molar-refractivity contribution < 1.29 is 22.0 Å². The Bertz CT molecular complexity index is 2680. The van der Waals surface area contributed by atoms with Gasteiger partial charge >= 0.3 is 6.18 Å². The molecule has 0 aliphatic rings. The van der Waals surface area contributed by atoms with E-state index in [1.807, 2.05) is 57.7 Å². The van der Waals surface area contributed by atoms with Gasteiger partial charge in [-0.15, -0.1) is 0 Å². The second-order valence-corrected chi connectivity index (χ2v) is 20.6. The molecule has 0 aliphatic carbocycles. The number of benzene rings is 6. The van der Waals surface area contributed by atoms with Crippen LogP contribution in [0.5, 0.6) is 0 Å². The van der Waals surface area contributed by atoms with Crippen molar-refractivity contribution in [2.24, 2.45) is 0 Å². The molecule has 60 heavy (non-hydrogen) atoms. The highest BCUT2D eigenvalue weighted by molar-refractivity contribution is 6.12. The van der Waals surface area contributed by atoms with Gasteiger partial charge in [0.1, 0.15) is 11.6 Å². The van der Waals surface area contributed by atoms with Crippen LogP contribution in [0.15, 0.2) is 103 Å². The number of alkyl halides is 3. The average molecular weight is 813 g/mol. The third-order valence-electron chi connectivity index (χ3n) is 12.1. The Balaban J connectivity index is 1.67. The molecule has 0 radical (unpaired) electrons.